The van der Waals surface area contributed by atoms with Gasteiger partial charge in [0.15, 0.2) is 5.16 Å². The van der Waals surface area contributed by atoms with E-state index < -0.39 is 5.97 Å². The molecule has 184 valence electrons. The van der Waals surface area contributed by atoms with Gasteiger partial charge < -0.3 is 24.0 Å². The number of likely N-dealkylation sites (tertiary alicyclic amines) is 1. The smallest absolute Gasteiger partial charge is 0.415 e. The Morgan fingerprint density at radius 1 is 1.03 bits per heavy atom. The van der Waals surface area contributed by atoms with Crippen molar-refractivity contribution in [2.45, 2.75) is 36.9 Å². The molecule has 0 bridgehead atoms. The van der Waals surface area contributed by atoms with Crippen molar-refractivity contribution in [1.29, 1.82) is 0 Å². The highest BCUT2D eigenvalue weighted by molar-refractivity contribution is 7.99. The highest BCUT2D eigenvalue weighted by atomic mass is 32.2. The van der Waals surface area contributed by atoms with Gasteiger partial charge in [-0.15, -0.1) is 10.2 Å². The number of carboxylic acids is 1. The van der Waals surface area contributed by atoms with Gasteiger partial charge in [-0.2, -0.15) is 0 Å². The van der Waals surface area contributed by atoms with Crippen molar-refractivity contribution in [1.82, 2.24) is 19.7 Å². The number of aryl methyl sites for hydroxylation is 2. The van der Waals surface area contributed by atoms with Gasteiger partial charge in [-0.25, -0.2) is 4.79 Å². The van der Waals surface area contributed by atoms with Crippen molar-refractivity contribution >= 4 is 23.8 Å². The van der Waals surface area contributed by atoms with Gasteiger partial charge in [0, 0.05) is 38.7 Å². The van der Waals surface area contributed by atoms with Crippen LogP contribution in [0.2, 0.25) is 0 Å². The zero-order valence-corrected chi connectivity index (χ0v) is 20.3. The van der Waals surface area contributed by atoms with E-state index in [9.17, 15) is 9.59 Å². The predicted octanol–water partition coefficient (Wildman–Crippen LogP) is 3.82. The van der Waals surface area contributed by atoms with Crippen molar-refractivity contribution in [3.05, 3.63) is 66.0 Å². The summed E-state index contributed by atoms with van der Waals surface area (Å²) >= 11 is 1.65. The van der Waals surface area contributed by atoms with Crippen LogP contribution >= 0.6 is 11.8 Å². The van der Waals surface area contributed by atoms with E-state index in [1.165, 1.54) is 0 Å². The van der Waals surface area contributed by atoms with Crippen molar-refractivity contribution in [2.24, 2.45) is 7.05 Å². The molecule has 0 saturated carbocycles. The van der Waals surface area contributed by atoms with Crippen LogP contribution in [0.15, 0.2) is 60.0 Å². The van der Waals surface area contributed by atoms with Crippen LogP contribution in [0.3, 0.4) is 0 Å². The van der Waals surface area contributed by atoms with E-state index in [4.69, 9.17) is 14.6 Å². The number of aliphatic carboxylic acids is 1. The van der Waals surface area contributed by atoms with Gasteiger partial charge in [-0.1, -0.05) is 36.0 Å². The number of aromatic nitrogens is 3. The molecule has 10 heteroatoms. The number of nitrogens with zero attached hydrogens (tertiary/aromatic N) is 4. The van der Waals surface area contributed by atoms with Crippen molar-refractivity contribution < 1.29 is 24.2 Å². The molecule has 35 heavy (non-hydrogen) atoms. The van der Waals surface area contributed by atoms with Crippen LogP contribution in [-0.4, -0.2) is 61.8 Å². The highest BCUT2D eigenvalue weighted by Crippen LogP contribution is 2.22. The number of rotatable bonds is 9. The average molecular weight is 497 g/mol. The maximum absolute atomic E-state index is 12.6. The molecule has 0 unspecified atom stereocenters. The molecule has 0 spiro atoms. The fourth-order valence-electron chi connectivity index (χ4n) is 3.76. The van der Waals surface area contributed by atoms with E-state index in [0.717, 1.165) is 28.5 Å². The first-order chi connectivity index (χ1) is 17.0. The summed E-state index contributed by atoms with van der Waals surface area (Å²) in [4.78, 5) is 25.1. The zero-order valence-electron chi connectivity index (χ0n) is 19.5. The lowest BCUT2D eigenvalue weighted by Gasteiger charge is -2.31. The molecule has 2 aromatic carbocycles. The minimum Gasteiger partial charge on any atom is -0.490 e. The van der Waals surface area contributed by atoms with E-state index in [1.54, 1.807) is 47.3 Å². The Labute approximate surface area is 208 Å². The van der Waals surface area contributed by atoms with E-state index in [1.807, 2.05) is 35.9 Å². The number of carboxylic acid groups (broad SMARTS) is 1. The third kappa shape index (κ3) is 7.22. The number of amides is 1. The second-order valence-corrected chi connectivity index (χ2v) is 9.42. The van der Waals surface area contributed by atoms with Crippen LogP contribution in [-0.2, 0) is 24.7 Å². The van der Waals surface area contributed by atoms with Crippen LogP contribution in [0.5, 0.6) is 11.5 Å². The van der Waals surface area contributed by atoms with Gasteiger partial charge in [-0.3, -0.25) is 4.79 Å². The minimum absolute atomic E-state index is 0.00285. The molecule has 1 aliphatic rings. The quantitative estimate of drug-likeness (QED) is 0.446. The Morgan fingerprint density at radius 3 is 2.31 bits per heavy atom. The van der Waals surface area contributed by atoms with Crippen molar-refractivity contribution in [2.75, 3.05) is 18.8 Å². The first kappa shape index (κ1) is 24.6. The molecule has 1 fully saturated rings. The first-order valence-electron chi connectivity index (χ1n) is 11.5. The number of ether oxygens (including phenoxy) is 2. The number of piperidine rings is 1. The molecule has 3 aromatic rings. The van der Waals surface area contributed by atoms with Crippen LogP contribution < -0.4 is 9.47 Å². The molecule has 0 aliphatic carbocycles. The number of hydrogen-bond acceptors (Lipinski definition) is 7. The summed E-state index contributed by atoms with van der Waals surface area (Å²) in [7, 11) is 1.92. The molecule has 2 heterocycles. The van der Waals surface area contributed by atoms with E-state index >= 15 is 0 Å². The molecule has 1 aromatic heterocycles. The third-order valence-corrected chi connectivity index (χ3v) is 6.74. The third-order valence-electron chi connectivity index (χ3n) is 5.70. The minimum atomic E-state index is -0.859. The number of carbonyl (C=O) groups is 2. The van der Waals surface area contributed by atoms with Crippen LogP contribution in [0, 0.1) is 0 Å². The van der Waals surface area contributed by atoms with E-state index in [0.29, 0.717) is 37.4 Å². The summed E-state index contributed by atoms with van der Waals surface area (Å²) in [5, 5.41) is 17.7. The Hall–Kier alpha value is -3.53. The van der Waals surface area contributed by atoms with Crippen molar-refractivity contribution in [3.63, 3.8) is 0 Å². The normalized spacial score (nSPS) is 14.0. The number of benzene rings is 2. The highest BCUT2D eigenvalue weighted by Gasteiger charge is 2.25. The monoisotopic (exact) mass is 496 g/mol. The zero-order chi connectivity index (χ0) is 24.6. The Kier molecular flexibility index (Phi) is 8.25. The maximum atomic E-state index is 12.6. The van der Waals surface area contributed by atoms with E-state index in [2.05, 4.69) is 10.2 Å². The lowest BCUT2D eigenvalue weighted by molar-refractivity contribution is -0.136. The molecule has 0 atom stereocenters. The van der Waals surface area contributed by atoms with E-state index in [-0.39, 0.29) is 18.6 Å². The Bertz CT molecular complexity index is 1130. The molecular weight excluding hydrogens is 468 g/mol. The van der Waals surface area contributed by atoms with Gasteiger partial charge in [0.05, 0.1) is 6.42 Å². The molecule has 4 rings (SSSR count). The molecule has 1 aliphatic heterocycles. The Balaban J connectivity index is 1.18. The molecular formula is C25H28N4O5S. The fourth-order valence-corrected chi connectivity index (χ4v) is 4.64. The summed E-state index contributed by atoms with van der Waals surface area (Å²) in [5.74, 6) is 1.26. The SMILES string of the molecule is Cn1cnnc1SCCc1ccc(OC(=O)N2CCC(Oc3ccc(CC(=O)O)cc3)CC2)cc1. The van der Waals surface area contributed by atoms with Gasteiger partial charge in [0.1, 0.15) is 23.9 Å². The lowest BCUT2D eigenvalue weighted by atomic mass is 10.1. The van der Waals surface area contributed by atoms with Gasteiger partial charge >= 0.3 is 12.1 Å². The predicted molar refractivity (Wildman–Crippen MR) is 131 cm³/mol. The van der Waals surface area contributed by atoms with Crippen LogP contribution in [0.25, 0.3) is 0 Å². The van der Waals surface area contributed by atoms with Gasteiger partial charge in [0.25, 0.3) is 0 Å². The summed E-state index contributed by atoms with van der Waals surface area (Å²) < 4.78 is 13.5. The first-order valence-corrected chi connectivity index (χ1v) is 12.4. The largest absolute Gasteiger partial charge is 0.490 e. The van der Waals surface area contributed by atoms with Crippen molar-refractivity contribution in [3.8, 4) is 11.5 Å². The second-order valence-electron chi connectivity index (χ2n) is 8.35. The molecule has 1 saturated heterocycles. The summed E-state index contributed by atoms with van der Waals surface area (Å²) in [6, 6.07) is 14.7. The van der Waals surface area contributed by atoms with Crippen LogP contribution in [0.1, 0.15) is 24.0 Å². The molecule has 1 N–H and O–H groups in total. The summed E-state index contributed by atoms with van der Waals surface area (Å²) in [6.07, 6.45) is 3.61. The number of carbonyl (C=O) groups excluding carboxylic acids is 1. The van der Waals surface area contributed by atoms with Gasteiger partial charge in [-0.05, 0) is 41.8 Å². The lowest BCUT2D eigenvalue weighted by Crippen LogP contribution is -2.43. The summed E-state index contributed by atoms with van der Waals surface area (Å²) in [6.45, 7) is 1.11. The summed E-state index contributed by atoms with van der Waals surface area (Å²) in [5.41, 5.74) is 1.89. The van der Waals surface area contributed by atoms with Crippen LogP contribution in [0.4, 0.5) is 4.79 Å². The topological polar surface area (TPSA) is 107 Å². The van der Waals surface area contributed by atoms with Gasteiger partial charge in [0.2, 0.25) is 0 Å². The standard InChI is InChI=1S/C25H28N4O5S/c1-28-17-26-27-24(28)35-15-12-18-2-6-21(7-3-18)34-25(32)29-13-10-22(11-14-29)33-20-8-4-19(5-9-20)16-23(30)31/h2-9,17,22H,10-16H2,1H3,(H,30,31). The number of hydrogen-bond donors (Lipinski definition) is 1. The molecule has 0 radical (unpaired) electrons. The fraction of sp³-hybridized carbons (Fsp3) is 0.360. The molecule has 1 amide bonds. The maximum Gasteiger partial charge on any atom is 0.415 e. The number of thioether (sulfide) groups is 1. The second kappa shape index (κ2) is 11.7. The Morgan fingerprint density at radius 2 is 1.69 bits per heavy atom. The molecule has 9 nitrogen and oxygen atoms in total. The average Bonchev–Trinajstić information content (AvgIpc) is 3.26.